The molecule has 1 aliphatic rings. The molecular formula is C18H28N2O4. The molecule has 2 amide bonds. The molecule has 6 heteroatoms. The van der Waals surface area contributed by atoms with Gasteiger partial charge in [-0.15, -0.1) is 0 Å². The van der Waals surface area contributed by atoms with Crippen molar-refractivity contribution in [3.8, 4) is 0 Å². The van der Waals surface area contributed by atoms with E-state index in [1.54, 1.807) is 28.0 Å². The van der Waals surface area contributed by atoms with Crippen LogP contribution in [0.25, 0.3) is 0 Å². The van der Waals surface area contributed by atoms with Gasteiger partial charge in [-0.1, -0.05) is 31.4 Å². The van der Waals surface area contributed by atoms with Gasteiger partial charge in [0.25, 0.3) is 0 Å². The molecule has 1 saturated heterocycles. The molecule has 1 aliphatic heterocycles. The summed E-state index contributed by atoms with van der Waals surface area (Å²) in [5.74, 6) is 0. The Labute approximate surface area is 144 Å². The van der Waals surface area contributed by atoms with Crippen LogP contribution in [0.5, 0.6) is 0 Å². The number of hydrogen-bond donors (Lipinski definition) is 0. The molecule has 1 atom stereocenters. The van der Waals surface area contributed by atoms with Gasteiger partial charge in [0.1, 0.15) is 12.2 Å². The molecule has 0 aliphatic carbocycles. The van der Waals surface area contributed by atoms with Crippen LogP contribution in [0.2, 0.25) is 0 Å². The van der Waals surface area contributed by atoms with Crippen LogP contribution in [0.3, 0.4) is 0 Å². The maximum absolute atomic E-state index is 12.2. The summed E-state index contributed by atoms with van der Waals surface area (Å²) in [6, 6.07) is -0.135. The molecule has 1 rings (SSSR count). The summed E-state index contributed by atoms with van der Waals surface area (Å²) in [6.07, 6.45) is 4.22. The van der Waals surface area contributed by atoms with Gasteiger partial charge >= 0.3 is 12.2 Å². The van der Waals surface area contributed by atoms with Crippen molar-refractivity contribution in [3.05, 3.63) is 37.0 Å². The molecule has 0 aromatic carbocycles. The number of hydrogen-bond acceptors (Lipinski definition) is 4. The zero-order valence-electron chi connectivity index (χ0n) is 15.1. The van der Waals surface area contributed by atoms with E-state index in [1.165, 1.54) is 0 Å². The van der Waals surface area contributed by atoms with E-state index in [0.717, 1.165) is 5.57 Å². The lowest BCUT2D eigenvalue weighted by molar-refractivity contribution is 0.000763. The first-order chi connectivity index (χ1) is 11.2. The predicted molar refractivity (Wildman–Crippen MR) is 93.8 cm³/mol. The van der Waals surface area contributed by atoms with Gasteiger partial charge in [-0.05, 0) is 33.3 Å². The highest BCUT2D eigenvalue weighted by molar-refractivity contribution is 5.71. The maximum atomic E-state index is 12.2. The van der Waals surface area contributed by atoms with Crippen LogP contribution in [0, 0.1) is 0 Å². The Bertz CT molecular complexity index is 520. The van der Waals surface area contributed by atoms with E-state index in [1.807, 2.05) is 27.7 Å². The minimum absolute atomic E-state index is 0.135. The molecule has 0 bridgehead atoms. The molecule has 1 unspecified atom stereocenters. The van der Waals surface area contributed by atoms with E-state index in [0.29, 0.717) is 19.6 Å². The molecule has 0 spiro atoms. The Kier molecular flexibility index (Phi) is 7.07. The number of rotatable bonds is 4. The number of piperazine rings is 1. The van der Waals surface area contributed by atoms with E-state index in [4.69, 9.17) is 9.47 Å². The molecule has 134 valence electrons. The van der Waals surface area contributed by atoms with Crippen molar-refractivity contribution in [2.75, 3.05) is 26.2 Å². The molecule has 6 nitrogen and oxygen atoms in total. The lowest BCUT2D eigenvalue weighted by Gasteiger charge is -2.39. The minimum Gasteiger partial charge on any atom is -0.445 e. The van der Waals surface area contributed by atoms with Crippen LogP contribution in [0.1, 0.15) is 27.7 Å². The molecule has 0 aromatic rings. The highest BCUT2D eigenvalue weighted by Gasteiger charge is 2.33. The number of nitrogens with zero attached hydrogens (tertiary/aromatic N) is 2. The second-order valence-electron chi connectivity index (χ2n) is 6.70. The number of carbonyl (C=O) groups is 2. The van der Waals surface area contributed by atoms with Gasteiger partial charge in [-0.2, -0.15) is 0 Å². The van der Waals surface area contributed by atoms with Crippen molar-refractivity contribution in [1.82, 2.24) is 9.80 Å². The summed E-state index contributed by atoms with van der Waals surface area (Å²) in [7, 11) is 0. The summed E-state index contributed by atoms with van der Waals surface area (Å²) in [5, 5.41) is 0. The fraction of sp³-hybridized carbons (Fsp3) is 0.556. The van der Waals surface area contributed by atoms with Crippen molar-refractivity contribution >= 4 is 12.2 Å². The van der Waals surface area contributed by atoms with Crippen LogP contribution in [0.4, 0.5) is 9.59 Å². The Balaban J connectivity index is 2.54. The molecule has 1 heterocycles. The zero-order chi connectivity index (χ0) is 18.3. The highest BCUT2D eigenvalue weighted by Crippen LogP contribution is 2.16. The van der Waals surface area contributed by atoms with E-state index < -0.39 is 11.7 Å². The predicted octanol–water partition coefficient (Wildman–Crippen LogP) is 3.36. The van der Waals surface area contributed by atoms with Gasteiger partial charge < -0.3 is 19.3 Å². The van der Waals surface area contributed by atoms with Crippen LogP contribution < -0.4 is 0 Å². The third-order valence-corrected chi connectivity index (χ3v) is 3.47. The summed E-state index contributed by atoms with van der Waals surface area (Å²) in [6.45, 7) is 16.0. The quantitative estimate of drug-likeness (QED) is 0.739. The van der Waals surface area contributed by atoms with E-state index in [9.17, 15) is 9.59 Å². The van der Waals surface area contributed by atoms with Gasteiger partial charge in [0.05, 0.1) is 6.04 Å². The SMILES string of the molecule is C=C/C=C(\C=C)COC(=O)N1CCN(C(=O)OC(C)(C)C)C(C)C1. The van der Waals surface area contributed by atoms with E-state index >= 15 is 0 Å². The first-order valence-corrected chi connectivity index (χ1v) is 8.03. The Hall–Kier alpha value is -2.24. The highest BCUT2D eigenvalue weighted by atomic mass is 16.6. The second-order valence-corrected chi connectivity index (χ2v) is 6.70. The Morgan fingerprint density at radius 1 is 1.21 bits per heavy atom. The smallest absolute Gasteiger partial charge is 0.410 e. The molecule has 0 aromatic heterocycles. The van der Waals surface area contributed by atoms with Gasteiger partial charge in [-0.3, -0.25) is 0 Å². The minimum atomic E-state index is -0.536. The first-order valence-electron chi connectivity index (χ1n) is 8.03. The Morgan fingerprint density at radius 2 is 1.88 bits per heavy atom. The van der Waals surface area contributed by atoms with Gasteiger partial charge in [0.15, 0.2) is 0 Å². The van der Waals surface area contributed by atoms with Crippen molar-refractivity contribution < 1.29 is 19.1 Å². The first kappa shape index (κ1) is 19.8. The molecule has 0 N–H and O–H groups in total. The standard InChI is InChI=1S/C18H28N2O4/c1-7-9-15(8-2)13-23-16(21)19-10-11-20(14(3)12-19)17(22)24-18(4,5)6/h7-9,14H,1-2,10-13H2,3-6H3/b15-9+. The maximum Gasteiger partial charge on any atom is 0.410 e. The number of allylic oxidation sites excluding steroid dienone is 2. The Morgan fingerprint density at radius 3 is 2.38 bits per heavy atom. The molecule has 0 saturated carbocycles. The third kappa shape index (κ3) is 6.10. The number of ether oxygens (including phenoxy) is 2. The van der Waals surface area contributed by atoms with Crippen LogP contribution >= 0.6 is 0 Å². The van der Waals surface area contributed by atoms with Gasteiger partial charge in [0.2, 0.25) is 0 Å². The van der Waals surface area contributed by atoms with Crippen LogP contribution in [0.15, 0.2) is 37.0 Å². The largest absolute Gasteiger partial charge is 0.445 e. The van der Waals surface area contributed by atoms with Crippen molar-refractivity contribution in [2.45, 2.75) is 39.3 Å². The van der Waals surface area contributed by atoms with Gasteiger partial charge in [-0.25, -0.2) is 9.59 Å². The zero-order valence-corrected chi connectivity index (χ0v) is 15.1. The van der Waals surface area contributed by atoms with E-state index in [2.05, 4.69) is 13.2 Å². The molecular weight excluding hydrogens is 308 g/mol. The normalized spacial score (nSPS) is 18.8. The average Bonchev–Trinajstić information content (AvgIpc) is 2.49. The second kappa shape index (κ2) is 8.57. The van der Waals surface area contributed by atoms with Crippen molar-refractivity contribution in [2.24, 2.45) is 0 Å². The average molecular weight is 336 g/mol. The van der Waals surface area contributed by atoms with Crippen LogP contribution in [-0.2, 0) is 9.47 Å². The molecule has 0 radical (unpaired) electrons. The lowest BCUT2D eigenvalue weighted by atomic mass is 10.2. The fourth-order valence-electron chi connectivity index (χ4n) is 2.28. The molecule has 24 heavy (non-hydrogen) atoms. The number of carbonyl (C=O) groups excluding carboxylic acids is 2. The molecule has 1 fully saturated rings. The summed E-state index contributed by atoms with van der Waals surface area (Å²) in [4.78, 5) is 27.6. The summed E-state index contributed by atoms with van der Waals surface area (Å²) in [5.41, 5.74) is 0.240. The lowest BCUT2D eigenvalue weighted by Crippen LogP contribution is -2.56. The summed E-state index contributed by atoms with van der Waals surface area (Å²) >= 11 is 0. The van der Waals surface area contributed by atoms with Crippen molar-refractivity contribution in [3.63, 3.8) is 0 Å². The van der Waals surface area contributed by atoms with Crippen LogP contribution in [-0.4, -0.2) is 59.9 Å². The monoisotopic (exact) mass is 336 g/mol. The topological polar surface area (TPSA) is 59.1 Å². The van der Waals surface area contributed by atoms with E-state index in [-0.39, 0.29) is 18.7 Å². The van der Waals surface area contributed by atoms with Crippen molar-refractivity contribution in [1.29, 1.82) is 0 Å². The fourth-order valence-corrected chi connectivity index (χ4v) is 2.28. The summed E-state index contributed by atoms with van der Waals surface area (Å²) < 4.78 is 10.7. The number of amides is 2. The van der Waals surface area contributed by atoms with Gasteiger partial charge in [0, 0.05) is 19.6 Å². The third-order valence-electron chi connectivity index (χ3n) is 3.47.